The number of nitrogens with zero attached hydrogens (tertiary/aromatic N) is 2. The molecule has 2 aromatic carbocycles. The quantitative estimate of drug-likeness (QED) is 0.258. The number of fused-ring (bicyclic) bond motifs is 6. The van der Waals surface area contributed by atoms with Crippen LogP contribution in [-0.2, 0) is 6.42 Å². The third-order valence-electron chi connectivity index (χ3n) is 8.07. The summed E-state index contributed by atoms with van der Waals surface area (Å²) in [5.41, 5.74) is 10.8. The van der Waals surface area contributed by atoms with Crippen molar-refractivity contribution in [1.82, 2.24) is 9.97 Å². The second-order valence-corrected chi connectivity index (χ2v) is 12.5. The Morgan fingerprint density at radius 2 is 1.07 bits per heavy atom. The number of hydrogen-bond acceptors (Lipinski definition) is 5. The van der Waals surface area contributed by atoms with Gasteiger partial charge in [-0.2, -0.15) is 0 Å². The maximum atomic E-state index is 5.80. The molecule has 0 atom stereocenters. The molecule has 0 aliphatic carbocycles. The van der Waals surface area contributed by atoms with Crippen molar-refractivity contribution >= 4 is 21.8 Å². The fourth-order valence-corrected chi connectivity index (χ4v) is 5.79. The average Bonchev–Trinajstić information content (AvgIpc) is 3.59. The lowest BCUT2D eigenvalue weighted by Crippen LogP contribution is -2.01. The van der Waals surface area contributed by atoms with E-state index < -0.39 is 0 Å². The zero-order valence-corrected chi connectivity index (χ0v) is 25.9. The van der Waals surface area contributed by atoms with Gasteiger partial charge in [-0.1, -0.05) is 55.4 Å². The number of pyridine rings is 2. The number of aryl methyl sites for hydroxylation is 2. The van der Waals surface area contributed by atoms with E-state index in [1.54, 1.807) is 0 Å². The number of benzene rings is 2. The molecule has 0 spiro atoms. The monoisotopic (exact) mass is 540 g/mol. The van der Waals surface area contributed by atoms with E-state index in [9.17, 15) is 0 Å². The smallest absolute Gasteiger partial charge is 0.231 e. The van der Waals surface area contributed by atoms with E-state index in [1.807, 2.05) is 0 Å². The van der Waals surface area contributed by atoms with Gasteiger partial charge in [0.1, 0.15) is 11.3 Å². The molecule has 4 aromatic rings. The number of ether oxygens (including phenoxy) is 3. The molecule has 0 radical (unpaired) electrons. The summed E-state index contributed by atoms with van der Waals surface area (Å²) in [5.74, 6) is 4.55. The lowest BCUT2D eigenvalue weighted by Gasteiger charge is -2.17. The summed E-state index contributed by atoms with van der Waals surface area (Å²) >= 11 is 0. The van der Waals surface area contributed by atoms with E-state index in [0.29, 0.717) is 30.5 Å². The Morgan fingerprint density at radius 1 is 0.575 bits per heavy atom. The van der Waals surface area contributed by atoms with Gasteiger partial charge in [-0.05, 0) is 84.0 Å². The maximum Gasteiger partial charge on any atom is 0.231 e. The van der Waals surface area contributed by atoms with Crippen LogP contribution in [0.4, 0.5) is 0 Å². The van der Waals surface area contributed by atoms with Crippen molar-refractivity contribution in [2.45, 2.75) is 99.3 Å². The first-order valence-corrected chi connectivity index (χ1v) is 14.8. The molecule has 5 nitrogen and oxygen atoms in total. The van der Waals surface area contributed by atoms with Crippen molar-refractivity contribution < 1.29 is 14.2 Å². The van der Waals surface area contributed by atoms with Gasteiger partial charge in [-0.15, -0.1) is 0 Å². The van der Waals surface area contributed by atoms with Gasteiger partial charge in [0, 0.05) is 34.1 Å². The molecule has 0 bridgehead atoms. The summed E-state index contributed by atoms with van der Waals surface area (Å²) in [7, 11) is 0. The normalized spacial score (nSPS) is 13.9. The molecule has 0 N–H and O–H groups in total. The molecule has 0 unspecified atom stereocenters. The van der Waals surface area contributed by atoms with Gasteiger partial charge >= 0.3 is 0 Å². The topological polar surface area (TPSA) is 53.5 Å². The van der Waals surface area contributed by atoms with Gasteiger partial charge in [0.2, 0.25) is 6.79 Å². The van der Waals surface area contributed by atoms with Crippen LogP contribution in [0.3, 0.4) is 0 Å². The van der Waals surface area contributed by atoms with Gasteiger partial charge in [0.05, 0.1) is 12.1 Å². The SMILES string of the molecule is Cc1cc2c(C(C)C)cc(C(C)C)nc2c2c1OCC2.Cc1cc2c(C(C)C)cc(C(C)C)nc2c2c1OCO2. The van der Waals surface area contributed by atoms with Crippen molar-refractivity contribution in [1.29, 1.82) is 0 Å². The summed E-state index contributed by atoms with van der Waals surface area (Å²) in [6.07, 6.45) is 0.986. The molecule has 4 heterocycles. The third-order valence-corrected chi connectivity index (χ3v) is 8.07. The molecule has 0 saturated heterocycles. The second kappa shape index (κ2) is 10.9. The van der Waals surface area contributed by atoms with Gasteiger partial charge < -0.3 is 14.2 Å². The standard InChI is InChI=1S/C18H23NO.C17H21NO2/c1-10(2)14-9-16(11(3)4)19-17-13-6-7-20-18(13)12(5)8-15(14)17;1-9(2)12-7-14(10(3)4)18-15-13(12)6-11(5)16-17(15)20-8-19-16/h8-11H,6-7H2,1-5H3;6-7,9-10H,8H2,1-5H3. The van der Waals surface area contributed by atoms with Crippen molar-refractivity contribution in [3.05, 3.63) is 63.5 Å². The van der Waals surface area contributed by atoms with Crippen molar-refractivity contribution in [2.75, 3.05) is 13.4 Å². The van der Waals surface area contributed by atoms with Crippen LogP contribution in [0.5, 0.6) is 17.2 Å². The number of rotatable bonds is 4. The molecule has 0 fully saturated rings. The maximum absolute atomic E-state index is 5.80. The fraction of sp³-hybridized carbons (Fsp3) is 0.486. The van der Waals surface area contributed by atoms with Gasteiger partial charge in [-0.3, -0.25) is 4.98 Å². The number of hydrogen-bond donors (Lipinski definition) is 0. The Labute approximate surface area is 239 Å². The lowest BCUT2D eigenvalue weighted by atomic mass is 9.92. The highest BCUT2D eigenvalue weighted by molar-refractivity contribution is 5.92. The van der Waals surface area contributed by atoms with Crippen molar-refractivity contribution in [2.24, 2.45) is 0 Å². The summed E-state index contributed by atoms with van der Waals surface area (Å²) in [4.78, 5) is 9.78. The first-order chi connectivity index (χ1) is 19.0. The minimum atomic E-state index is 0.292. The highest BCUT2D eigenvalue weighted by atomic mass is 16.7. The third kappa shape index (κ3) is 5.00. The van der Waals surface area contributed by atoms with Crippen LogP contribution in [0.25, 0.3) is 21.8 Å². The highest BCUT2D eigenvalue weighted by Gasteiger charge is 2.24. The predicted octanol–water partition coefficient (Wildman–Crippen LogP) is 9.24. The summed E-state index contributed by atoms with van der Waals surface area (Å²) in [6.45, 7) is 23.0. The summed E-state index contributed by atoms with van der Waals surface area (Å²) < 4.78 is 17.1. The minimum Gasteiger partial charge on any atom is -0.493 e. The molecule has 5 heteroatoms. The van der Waals surface area contributed by atoms with Gasteiger partial charge in [-0.25, -0.2) is 4.98 Å². The molecule has 6 rings (SSSR count). The van der Waals surface area contributed by atoms with Crippen LogP contribution < -0.4 is 14.2 Å². The first kappa shape index (κ1) is 28.2. The zero-order valence-electron chi connectivity index (χ0n) is 25.9. The van der Waals surface area contributed by atoms with Crippen LogP contribution in [0.15, 0.2) is 24.3 Å². The van der Waals surface area contributed by atoms with E-state index in [1.165, 1.54) is 38.7 Å². The molecule has 212 valence electrons. The Morgan fingerprint density at radius 3 is 1.62 bits per heavy atom. The summed E-state index contributed by atoms with van der Waals surface area (Å²) in [5, 5.41) is 2.50. The molecule has 0 saturated carbocycles. The number of aromatic nitrogens is 2. The summed E-state index contributed by atoms with van der Waals surface area (Å²) in [6, 6.07) is 8.96. The average molecular weight is 541 g/mol. The van der Waals surface area contributed by atoms with E-state index in [-0.39, 0.29) is 0 Å². The first-order valence-electron chi connectivity index (χ1n) is 14.8. The van der Waals surface area contributed by atoms with Crippen LogP contribution >= 0.6 is 0 Å². The predicted molar refractivity (Wildman–Crippen MR) is 165 cm³/mol. The van der Waals surface area contributed by atoms with E-state index in [2.05, 4.69) is 93.5 Å². The largest absolute Gasteiger partial charge is 0.493 e. The molecular formula is C35H44N2O3. The Bertz CT molecular complexity index is 1460. The van der Waals surface area contributed by atoms with Crippen molar-refractivity contribution in [3.63, 3.8) is 0 Å². The zero-order chi connectivity index (χ0) is 28.9. The molecular weight excluding hydrogens is 496 g/mol. The van der Waals surface area contributed by atoms with Crippen LogP contribution in [0.1, 0.15) is 118 Å². The van der Waals surface area contributed by atoms with Crippen molar-refractivity contribution in [3.8, 4) is 17.2 Å². The van der Waals surface area contributed by atoms with Gasteiger partial charge in [0.25, 0.3) is 0 Å². The van der Waals surface area contributed by atoms with Crippen LogP contribution in [0, 0.1) is 13.8 Å². The van der Waals surface area contributed by atoms with E-state index in [4.69, 9.17) is 24.2 Å². The molecule has 40 heavy (non-hydrogen) atoms. The Hall–Kier alpha value is -3.34. The van der Waals surface area contributed by atoms with E-state index >= 15 is 0 Å². The van der Waals surface area contributed by atoms with Crippen LogP contribution in [-0.4, -0.2) is 23.4 Å². The highest BCUT2D eigenvalue weighted by Crippen LogP contribution is 2.44. The lowest BCUT2D eigenvalue weighted by molar-refractivity contribution is 0.174. The van der Waals surface area contributed by atoms with E-state index in [0.717, 1.165) is 52.6 Å². The van der Waals surface area contributed by atoms with Gasteiger partial charge in [0.15, 0.2) is 11.5 Å². The Kier molecular flexibility index (Phi) is 7.69. The molecule has 0 amide bonds. The molecule has 2 aliphatic rings. The second-order valence-electron chi connectivity index (χ2n) is 12.5. The fourth-order valence-electron chi connectivity index (χ4n) is 5.79. The Balaban J connectivity index is 0.000000161. The molecule has 2 aromatic heterocycles. The molecule has 2 aliphatic heterocycles. The van der Waals surface area contributed by atoms with Crippen LogP contribution in [0.2, 0.25) is 0 Å². The minimum absolute atomic E-state index is 0.292.